The molecule has 0 aliphatic carbocycles. The Kier molecular flexibility index (Phi) is 5.88. The minimum atomic E-state index is -1.75. The Bertz CT molecular complexity index is 906. The first-order chi connectivity index (χ1) is 13.5. The first-order valence-corrected chi connectivity index (χ1v) is 13.1. The Balaban J connectivity index is 1.65. The molecule has 0 unspecified atom stereocenters. The van der Waals surface area contributed by atoms with Gasteiger partial charge in [0.05, 0.1) is 11.6 Å². The average Bonchev–Trinajstić information content (AvgIpc) is 3.22. The molecule has 1 aromatic carbocycles. The molecule has 0 radical (unpaired) electrons. The minimum absolute atomic E-state index is 0.0636. The van der Waals surface area contributed by atoms with E-state index in [0.29, 0.717) is 30.8 Å². The van der Waals surface area contributed by atoms with Crippen molar-refractivity contribution in [2.45, 2.75) is 64.2 Å². The first-order valence-electron chi connectivity index (χ1n) is 10.2. The van der Waals surface area contributed by atoms with Gasteiger partial charge in [0, 0.05) is 24.4 Å². The molecule has 29 heavy (non-hydrogen) atoms. The summed E-state index contributed by atoms with van der Waals surface area (Å²) in [5, 5.41) is 9.51. The lowest BCUT2D eigenvalue weighted by Crippen LogP contribution is -2.41. The normalized spacial score (nSPS) is 16.7. The van der Waals surface area contributed by atoms with Gasteiger partial charge in [0.25, 0.3) is 0 Å². The zero-order chi connectivity index (χ0) is 21.4. The maximum atomic E-state index is 12.9. The highest BCUT2D eigenvalue weighted by atomic mass is 28.4. The molecule has 0 saturated heterocycles. The molecule has 0 bridgehead atoms. The Labute approximate surface area is 173 Å². The van der Waals surface area contributed by atoms with E-state index in [-0.39, 0.29) is 10.8 Å². The number of carboxylic acids is 1. The van der Waals surface area contributed by atoms with Crippen molar-refractivity contribution in [3.63, 3.8) is 0 Å². The van der Waals surface area contributed by atoms with Crippen molar-refractivity contribution in [3.8, 4) is 0 Å². The van der Waals surface area contributed by atoms with Crippen LogP contribution >= 0.6 is 0 Å². The SMILES string of the molecule is CC(C)(C)[Si](C)(C)OCCc1ccc(C(=O)c2ccc3n2CC[C@@H]3C(=O)O)cc1. The summed E-state index contributed by atoms with van der Waals surface area (Å²) in [4.78, 5) is 24.3. The summed E-state index contributed by atoms with van der Waals surface area (Å²) in [5.41, 5.74) is 3.06. The number of nitrogens with zero attached hydrogens (tertiary/aromatic N) is 1. The fourth-order valence-corrected chi connectivity index (χ4v) is 4.55. The number of fused-ring (bicyclic) bond motifs is 1. The van der Waals surface area contributed by atoms with Crippen molar-refractivity contribution < 1.29 is 19.1 Å². The summed E-state index contributed by atoms with van der Waals surface area (Å²) in [7, 11) is -1.75. The van der Waals surface area contributed by atoms with Crippen LogP contribution in [0, 0.1) is 0 Å². The summed E-state index contributed by atoms with van der Waals surface area (Å²) in [6.45, 7) is 12.5. The zero-order valence-electron chi connectivity index (χ0n) is 18.0. The van der Waals surface area contributed by atoms with Gasteiger partial charge in [-0.1, -0.05) is 45.0 Å². The summed E-state index contributed by atoms with van der Waals surface area (Å²) in [6.07, 6.45) is 1.36. The topological polar surface area (TPSA) is 68.5 Å². The number of carbonyl (C=O) groups is 2. The predicted octanol–water partition coefficient (Wildman–Crippen LogP) is 4.86. The van der Waals surface area contributed by atoms with Gasteiger partial charge in [-0.2, -0.15) is 0 Å². The summed E-state index contributed by atoms with van der Waals surface area (Å²) in [5.74, 6) is -1.41. The van der Waals surface area contributed by atoms with Crippen LogP contribution in [-0.2, 0) is 22.2 Å². The van der Waals surface area contributed by atoms with Crippen molar-refractivity contribution in [3.05, 3.63) is 58.9 Å². The fraction of sp³-hybridized carbons (Fsp3) is 0.478. The Morgan fingerprint density at radius 2 is 1.79 bits per heavy atom. The van der Waals surface area contributed by atoms with E-state index in [4.69, 9.17) is 4.43 Å². The third-order valence-electron chi connectivity index (χ3n) is 6.42. The van der Waals surface area contributed by atoms with Crippen LogP contribution in [-0.4, -0.2) is 36.4 Å². The van der Waals surface area contributed by atoms with Crippen molar-refractivity contribution in [1.29, 1.82) is 0 Å². The van der Waals surface area contributed by atoms with Crippen LogP contribution in [0.2, 0.25) is 18.1 Å². The number of carbonyl (C=O) groups excluding carboxylic acids is 1. The number of carboxylic acid groups (broad SMARTS) is 1. The highest BCUT2D eigenvalue weighted by molar-refractivity contribution is 6.74. The lowest BCUT2D eigenvalue weighted by atomic mass is 10.0. The number of ketones is 1. The van der Waals surface area contributed by atoms with Crippen molar-refractivity contribution in [1.82, 2.24) is 4.57 Å². The quantitative estimate of drug-likeness (QED) is 0.520. The monoisotopic (exact) mass is 413 g/mol. The molecule has 0 saturated carbocycles. The Morgan fingerprint density at radius 3 is 2.38 bits per heavy atom. The lowest BCUT2D eigenvalue weighted by Gasteiger charge is -2.36. The highest BCUT2D eigenvalue weighted by Gasteiger charge is 2.37. The van der Waals surface area contributed by atoms with Crippen molar-refractivity contribution in [2.24, 2.45) is 0 Å². The molecular formula is C23H31NO4Si. The van der Waals surface area contributed by atoms with Gasteiger partial charge in [-0.3, -0.25) is 9.59 Å². The van der Waals surface area contributed by atoms with E-state index in [1.807, 2.05) is 28.8 Å². The molecule has 3 rings (SSSR count). The van der Waals surface area contributed by atoms with Gasteiger partial charge in [-0.15, -0.1) is 0 Å². The number of hydrogen-bond donors (Lipinski definition) is 1. The second-order valence-electron chi connectivity index (χ2n) is 9.36. The number of aliphatic carboxylic acids is 1. The maximum Gasteiger partial charge on any atom is 0.312 e. The Hall–Kier alpha value is -2.18. The number of rotatable bonds is 7. The lowest BCUT2D eigenvalue weighted by molar-refractivity contribution is -0.138. The third kappa shape index (κ3) is 4.38. The molecule has 0 amide bonds. The third-order valence-corrected chi connectivity index (χ3v) is 11.0. The molecule has 1 aromatic heterocycles. The van der Waals surface area contributed by atoms with Crippen LogP contribution in [0.4, 0.5) is 0 Å². The van der Waals surface area contributed by atoms with Crippen LogP contribution in [0.25, 0.3) is 0 Å². The van der Waals surface area contributed by atoms with E-state index in [1.54, 1.807) is 12.1 Å². The highest BCUT2D eigenvalue weighted by Crippen LogP contribution is 2.36. The van der Waals surface area contributed by atoms with E-state index >= 15 is 0 Å². The molecule has 2 heterocycles. The molecule has 0 fully saturated rings. The fourth-order valence-electron chi connectivity index (χ4n) is 3.50. The molecular weight excluding hydrogens is 382 g/mol. The van der Waals surface area contributed by atoms with Crippen molar-refractivity contribution in [2.75, 3.05) is 6.61 Å². The van der Waals surface area contributed by atoms with Gasteiger partial charge in [0.15, 0.2) is 8.32 Å². The van der Waals surface area contributed by atoms with Crippen LogP contribution < -0.4 is 0 Å². The maximum absolute atomic E-state index is 12.9. The van der Waals surface area contributed by atoms with Gasteiger partial charge in [0.1, 0.15) is 0 Å². The molecule has 1 aliphatic rings. The standard InChI is InChI=1S/C23H31NO4Si/c1-23(2,3)29(4,5)28-15-13-16-6-8-17(9-7-16)21(25)20-11-10-19-18(22(26)27)12-14-24(19)20/h6-11,18H,12-15H2,1-5H3,(H,26,27)/t18-/m0/s1. The van der Waals surface area contributed by atoms with Gasteiger partial charge in [-0.05, 0) is 48.7 Å². The van der Waals surface area contributed by atoms with Gasteiger partial charge in [-0.25, -0.2) is 0 Å². The second kappa shape index (κ2) is 7.92. The van der Waals surface area contributed by atoms with E-state index in [0.717, 1.165) is 17.7 Å². The van der Waals surface area contributed by atoms with E-state index < -0.39 is 20.2 Å². The summed E-state index contributed by atoms with van der Waals surface area (Å²) in [6, 6.07) is 11.2. The predicted molar refractivity (Wildman–Crippen MR) is 116 cm³/mol. The molecule has 2 aromatic rings. The molecule has 156 valence electrons. The van der Waals surface area contributed by atoms with Gasteiger partial charge in [0.2, 0.25) is 5.78 Å². The van der Waals surface area contributed by atoms with Gasteiger partial charge >= 0.3 is 5.97 Å². The van der Waals surface area contributed by atoms with Crippen LogP contribution in [0.15, 0.2) is 36.4 Å². The van der Waals surface area contributed by atoms with Gasteiger partial charge < -0.3 is 14.1 Å². The molecule has 1 N–H and O–H groups in total. The Morgan fingerprint density at radius 1 is 1.14 bits per heavy atom. The largest absolute Gasteiger partial charge is 0.481 e. The average molecular weight is 414 g/mol. The van der Waals surface area contributed by atoms with Crippen LogP contribution in [0.1, 0.15) is 60.4 Å². The number of hydrogen-bond acceptors (Lipinski definition) is 3. The second-order valence-corrected chi connectivity index (χ2v) is 14.2. The van der Waals surface area contributed by atoms with Crippen LogP contribution in [0.3, 0.4) is 0 Å². The molecule has 5 nitrogen and oxygen atoms in total. The minimum Gasteiger partial charge on any atom is -0.481 e. The van der Waals surface area contributed by atoms with E-state index in [2.05, 4.69) is 33.9 Å². The van der Waals surface area contributed by atoms with E-state index in [1.165, 1.54) is 0 Å². The van der Waals surface area contributed by atoms with Crippen LogP contribution in [0.5, 0.6) is 0 Å². The zero-order valence-corrected chi connectivity index (χ0v) is 19.0. The molecule has 0 spiro atoms. The smallest absolute Gasteiger partial charge is 0.312 e. The molecule has 1 aliphatic heterocycles. The number of aromatic nitrogens is 1. The van der Waals surface area contributed by atoms with Crippen molar-refractivity contribution >= 4 is 20.1 Å². The number of benzene rings is 1. The van der Waals surface area contributed by atoms with E-state index in [9.17, 15) is 14.7 Å². The summed E-state index contributed by atoms with van der Waals surface area (Å²) < 4.78 is 8.08. The first kappa shape index (κ1) is 21.5. The summed E-state index contributed by atoms with van der Waals surface area (Å²) >= 11 is 0. The molecule has 1 atom stereocenters. The molecule has 6 heteroatoms.